The Kier molecular flexibility index (Phi) is 5.57. The second kappa shape index (κ2) is 8.16. The van der Waals surface area contributed by atoms with Gasteiger partial charge in [-0.2, -0.15) is 0 Å². The number of carbonyl (C=O) groups is 1. The van der Waals surface area contributed by atoms with Crippen LogP contribution in [0.25, 0.3) is 21.5 Å². The zero-order chi connectivity index (χ0) is 21.3. The van der Waals surface area contributed by atoms with Gasteiger partial charge in [-0.3, -0.25) is 4.79 Å². The van der Waals surface area contributed by atoms with Gasteiger partial charge in [0.2, 0.25) is 10.0 Å². The van der Waals surface area contributed by atoms with Crippen LogP contribution in [0.3, 0.4) is 0 Å². The maximum Gasteiger partial charge on any atom is 0.252 e. The highest BCUT2D eigenvalue weighted by Gasteiger charge is 2.15. The molecular weight excluding hydrogens is 442 g/mol. The van der Waals surface area contributed by atoms with E-state index in [1.54, 1.807) is 24.3 Å². The van der Waals surface area contributed by atoms with Crippen molar-refractivity contribution in [3.05, 3.63) is 82.2 Å². The highest BCUT2D eigenvalue weighted by molar-refractivity contribution is 7.89. The number of aromatic nitrogens is 1. The number of nitrogens with two attached hydrogens (primary N) is 1. The second-order valence-corrected chi connectivity index (χ2v) is 9.82. The average molecular weight is 458 g/mol. The smallest absolute Gasteiger partial charge is 0.252 e. The summed E-state index contributed by atoms with van der Waals surface area (Å²) in [7, 11) is -3.75. The van der Waals surface area contributed by atoms with Crippen molar-refractivity contribution in [2.24, 2.45) is 5.14 Å². The number of hydrogen-bond acceptors (Lipinski definition) is 5. The number of amides is 1. The van der Waals surface area contributed by atoms with Crippen molar-refractivity contribution in [2.75, 3.05) is 0 Å². The number of rotatable bonds is 5. The number of hydrogen-bond donors (Lipinski definition) is 2. The molecule has 6 nitrogen and oxygen atoms in total. The van der Waals surface area contributed by atoms with E-state index in [-0.39, 0.29) is 17.3 Å². The van der Waals surface area contributed by atoms with E-state index in [9.17, 15) is 13.2 Å². The lowest BCUT2D eigenvalue weighted by molar-refractivity contribution is 0.0952. The zero-order valence-corrected chi connectivity index (χ0v) is 17.9. The Labute approximate surface area is 182 Å². The van der Waals surface area contributed by atoms with E-state index in [0.29, 0.717) is 21.1 Å². The van der Waals surface area contributed by atoms with Crippen molar-refractivity contribution >= 4 is 49.8 Å². The van der Waals surface area contributed by atoms with Crippen LogP contribution < -0.4 is 10.5 Å². The number of nitrogens with one attached hydrogen (secondary N) is 1. The van der Waals surface area contributed by atoms with Gasteiger partial charge in [0, 0.05) is 11.9 Å². The highest BCUT2D eigenvalue weighted by Crippen LogP contribution is 2.32. The minimum Gasteiger partial charge on any atom is -0.348 e. The van der Waals surface area contributed by atoms with Gasteiger partial charge in [0.1, 0.15) is 0 Å². The normalized spacial score (nSPS) is 11.5. The molecule has 152 valence electrons. The number of thiophene rings is 1. The number of benzene rings is 2. The molecule has 2 aromatic carbocycles. The summed E-state index contributed by atoms with van der Waals surface area (Å²) in [5.41, 5.74) is 2.64. The van der Waals surface area contributed by atoms with Crippen LogP contribution in [0.2, 0.25) is 4.34 Å². The molecular formula is C21H16ClN3O3S2. The first-order valence-electron chi connectivity index (χ1n) is 8.87. The van der Waals surface area contributed by atoms with Gasteiger partial charge in [-0.15, -0.1) is 11.3 Å². The van der Waals surface area contributed by atoms with Crippen LogP contribution in [0.15, 0.2) is 71.6 Å². The molecule has 0 spiro atoms. The van der Waals surface area contributed by atoms with Crippen molar-refractivity contribution in [1.29, 1.82) is 0 Å². The number of nitrogens with zero attached hydrogens (tertiary/aromatic N) is 1. The SMILES string of the molecule is NS(=O)(=O)c1ccc(CNC(=O)c2cc(-c3ccc(Cl)s3)nc3ccccc23)cc1. The van der Waals surface area contributed by atoms with Crippen molar-refractivity contribution in [1.82, 2.24) is 10.3 Å². The molecule has 0 bridgehead atoms. The number of primary sulfonamides is 1. The molecule has 4 rings (SSSR count). The number of carbonyl (C=O) groups excluding carboxylic acids is 1. The summed E-state index contributed by atoms with van der Waals surface area (Å²) in [4.78, 5) is 18.5. The average Bonchev–Trinajstić information content (AvgIpc) is 3.17. The van der Waals surface area contributed by atoms with Crippen LogP contribution >= 0.6 is 22.9 Å². The quantitative estimate of drug-likeness (QED) is 0.469. The maximum atomic E-state index is 13.0. The predicted octanol–water partition coefficient (Wildman–Crippen LogP) is 4.19. The van der Waals surface area contributed by atoms with Gasteiger partial charge in [-0.25, -0.2) is 18.5 Å². The monoisotopic (exact) mass is 457 g/mol. The highest BCUT2D eigenvalue weighted by atomic mass is 35.5. The van der Waals surface area contributed by atoms with Crippen LogP contribution in [0.1, 0.15) is 15.9 Å². The second-order valence-electron chi connectivity index (χ2n) is 6.55. The number of pyridine rings is 1. The van der Waals surface area contributed by atoms with Gasteiger partial charge in [-0.1, -0.05) is 41.9 Å². The molecule has 0 atom stereocenters. The van der Waals surface area contributed by atoms with E-state index in [1.165, 1.54) is 23.5 Å². The molecule has 3 N–H and O–H groups in total. The standard InChI is InChI=1S/C21H16ClN3O3S2/c22-20-10-9-19(29-20)18-11-16(15-3-1-2-4-17(15)25-18)21(26)24-12-13-5-7-14(8-6-13)30(23,27)28/h1-11H,12H2,(H,24,26)(H2,23,27,28). The number of fused-ring (bicyclic) bond motifs is 1. The Morgan fingerprint density at radius 3 is 2.47 bits per heavy atom. The minimum absolute atomic E-state index is 0.0250. The fourth-order valence-corrected chi connectivity index (χ4v) is 4.54. The molecule has 0 radical (unpaired) electrons. The van der Waals surface area contributed by atoms with Gasteiger partial charge in [0.15, 0.2) is 0 Å². The number of para-hydroxylation sites is 1. The summed E-state index contributed by atoms with van der Waals surface area (Å²) in [5, 5.41) is 8.73. The molecule has 0 aliphatic heterocycles. The van der Waals surface area contributed by atoms with Crippen molar-refractivity contribution in [3.8, 4) is 10.6 Å². The lowest BCUT2D eigenvalue weighted by Crippen LogP contribution is -2.23. The molecule has 9 heteroatoms. The third kappa shape index (κ3) is 4.36. The lowest BCUT2D eigenvalue weighted by Gasteiger charge is -2.10. The van der Waals surface area contributed by atoms with E-state index in [2.05, 4.69) is 10.3 Å². The molecule has 0 saturated carbocycles. The number of halogens is 1. The van der Waals surface area contributed by atoms with Crippen molar-refractivity contribution in [3.63, 3.8) is 0 Å². The fourth-order valence-electron chi connectivity index (χ4n) is 3.02. The fraction of sp³-hybridized carbons (Fsp3) is 0.0476. The molecule has 0 aliphatic carbocycles. The van der Waals surface area contributed by atoms with E-state index >= 15 is 0 Å². The molecule has 2 heterocycles. The van der Waals surface area contributed by atoms with Gasteiger partial charge in [0.05, 0.1) is 30.9 Å². The Balaban J connectivity index is 1.62. The van der Waals surface area contributed by atoms with Gasteiger partial charge >= 0.3 is 0 Å². The Morgan fingerprint density at radius 2 is 1.80 bits per heavy atom. The summed E-state index contributed by atoms with van der Waals surface area (Å²) >= 11 is 7.45. The van der Waals surface area contributed by atoms with Crippen molar-refractivity contribution < 1.29 is 13.2 Å². The Hall–Kier alpha value is -2.78. The molecule has 0 saturated heterocycles. The molecule has 2 aromatic heterocycles. The van der Waals surface area contributed by atoms with E-state index in [1.807, 2.05) is 30.3 Å². The third-order valence-electron chi connectivity index (χ3n) is 4.49. The Bertz CT molecular complexity index is 1350. The molecule has 1 amide bonds. The van der Waals surface area contributed by atoms with Crippen LogP contribution in [-0.4, -0.2) is 19.3 Å². The largest absolute Gasteiger partial charge is 0.348 e. The first-order chi connectivity index (χ1) is 14.3. The summed E-state index contributed by atoms with van der Waals surface area (Å²) in [5.74, 6) is -0.256. The van der Waals surface area contributed by atoms with Gasteiger partial charge in [-0.05, 0) is 42.0 Å². The first kappa shape index (κ1) is 20.5. The predicted molar refractivity (Wildman–Crippen MR) is 119 cm³/mol. The zero-order valence-electron chi connectivity index (χ0n) is 15.5. The van der Waals surface area contributed by atoms with Crippen molar-refractivity contribution in [2.45, 2.75) is 11.4 Å². The minimum atomic E-state index is -3.75. The Morgan fingerprint density at radius 1 is 1.07 bits per heavy atom. The summed E-state index contributed by atoms with van der Waals surface area (Å²) in [6.45, 7) is 0.237. The van der Waals surface area contributed by atoms with Crippen LogP contribution in [-0.2, 0) is 16.6 Å². The summed E-state index contributed by atoms with van der Waals surface area (Å²) < 4.78 is 23.4. The van der Waals surface area contributed by atoms with Crippen LogP contribution in [0.5, 0.6) is 0 Å². The van der Waals surface area contributed by atoms with E-state index < -0.39 is 10.0 Å². The third-order valence-corrected chi connectivity index (χ3v) is 6.67. The first-order valence-corrected chi connectivity index (χ1v) is 11.6. The number of sulfonamides is 1. The lowest BCUT2D eigenvalue weighted by atomic mass is 10.1. The molecule has 4 aromatic rings. The van der Waals surface area contributed by atoms with Crippen LogP contribution in [0, 0.1) is 0 Å². The topological polar surface area (TPSA) is 102 Å². The molecule has 0 unspecified atom stereocenters. The van der Waals surface area contributed by atoms with E-state index in [0.717, 1.165) is 15.8 Å². The maximum absolute atomic E-state index is 13.0. The van der Waals surface area contributed by atoms with Gasteiger partial charge < -0.3 is 5.32 Å². The molecule has 0 aliphatic rings. The summed E-state index contributed by atoms with van der Waals surface area (Å²) in [6.07, 6.45) is 0. The summed E-state index contributed by atoms with van der Waals surface area (Å²) in [6, 6.07) is 18.9. The molecule has 30 heavy (non-hydrogen) atoms. The van der Waals surface area contributed by atoms with E-state index in [4.69, 9.17) is 16.7 Å². The van der Waals surface area contributed by atoms with Crippen LogP contribution in [0.4, 0.5) is 0 Å². The molecule has 0 fully saturated rings. The van der Waals surface area contributed by atoms with Gasteiger partial charge in [0.25, 0.3) is 5.91 Å².